The summed E-state index contributed by atoms with van der Waals surface area (Å²) in [6.07, 6.45) is -0.991. The molecule has 0 aromatic heterocycles. The van der Waals surface area contributed by atoms with Crippen LogP contribution in [-0.4, -0.2) is 27.9 Å². The minimum Gasteiger partial charge on any atom is -0.496 e. The van der Waals surface area contributed by atoms with Gasteiger partial charge in [0.1, 0.15) is 23.4 Å². The highest BCUT2D eigenvalue weighted by molar-refractivity contribution is 5.51. The van der Waals surface area contributed by atoms with Crippen LogP contribution in [0.4, 0.5) is 4.39 Å². The van der Waals surface area contributed by atoms with Gasteiger partial charge in [0.15, 0.2) is 0 Å². The topological polar surface area (TPSA) is 53.7 Å². The van der Waals surface area contributed by atoms with Gasteiger partial charge in [0, 0.05) is 12.1 Å². The third-order valence-electron chi connectivity index (χ3n) is 2.49. The van der Waals surface area contributed by atoms with E-state index in [0.717, 1.165) is 0 Å². The fraction of sp³-hybridized carbons (Fsp3) is 0.500. The first kappa shape index (κ1) is 13.6. The van der Waals surface area contributed by atoms with E-state index < -0.39 is 6.17 Å². The highest BCUT2D eigenvalue weighted by Gasteiger charge is 2.21. The lowest BCUT2D eigenvalue weighted by Gasteiger charge is -2.17. The van der Waals surface area contributed by atoms with Gasteiger partial charge in [-0.2, -0.15) is 0 Å². The summed E-state index contributed by atoms with van der Waals surface area (Å²) in [5.74, 6) is 1.37. The highest BCUT2D eigenvalue weighted by Crippen LogP contribution is 2.40. The fourth-order valence-electron chi connectivity index (χ4n) is 1.63. The number of nitrogens with two attached hydrogens (primary N) is 1. The molecular formula is C12H18FNO3. The Morgan fingerprint density at radius 3 is 2.00 bits per heavy atom. The average molecular weight is 243 g/mol. The SMILES string of the molecule is COc1cc(OC)c(C(F)CCN)c(OC)c1. The quantitative estimate of drug-likeness (QED) is 0.831. The number of ether oxygens (including phenoxy) is 3. The van der Waals surface area contributed by atoms with E-state index in [0.29, 0.717) is 22.8 Å². The normalized spacial score (nSPS) is 12.1. The number of hydrogen-bond donors (Lipinski definition) is 1. The summed E-state index contributed by atoms with van der Waals surface area (Å²) in [4.78, 5) is 0. The molecule has 5 heteroatoms. The predicted molar refractivity (Wildman–Crippen MR) is 63.6 cm³/mol. The van der Waals surface area contributed by atoms with Crippen LogP contribution in [0.15, 0.2) is 12.1 Å². The van der Waals surface area contributed by atoms with Crippen LogP contribution in [0, 0.1) is 0 Å². The molecule has 96 valence electrons. The van der Waals surface area contributed by atoms with Gasteiger partial charge in [-0.25, -0.2) is 4.39 Å². The van der Waals surface area contributed by atoms with Crippen molar-refractivity contribution in [1.82, 2.24) is 0 Å². The van der Waals surface area contributed by atoms with Crippen molar-refractivity contribution < 1.29 is 18.6 Å². The van der Waals surface area contributed by atoms with Crippen LogP contribution in [0.1, 0.15) is 18.2 Å². The third-order valence-corrected chi connectivity index (χ3v) is 2.49. The molecule has 0 heterocycles. The summed E-state index contributed by atoms with van der Waals surface area (Å²) in [5.41, 5.74) is 5.74. The molecule has 2 N–H and O–H groups in total. The van der Waals surface area contributed by atoms with Crippen LogP contribution in [0.2, 0.25) is 0 Å². The van der Waals surface area contributed by atoms with Gasteiger partial charge in [-0.15, -0.1) is 0 Å². The van der Waals surface area contributed by atoms with Gasteiger partial charge in [0.2, 0.25) is 0 Å². The molecule has 17 heavy (non-hydrogen) atoms. The standard InChI is InChI=1S/C12H18FNO3/c1-15-8-6-10(16-2)12(9(13)4-5-14)11(7-8)17-3/h6-7,9H,4-5,14H2,1-3H3. The van der Waals surface area contributed by atoms with Gasteiger partial charge in [0.05, 0.1) is 26.9 Å². The van der Waals surface area contributed by atoms with Crippen LogP contribution in [0.3, 0.4) is 0 Å². The Morgan fingerprint density at radius 1 is 1.12 bits per heavy atom. The van der Waals surface area contributed by atoms with Gasteiger partial charge >= 0.3 is 0 Å². The Kier molecular flexibility index (Phi) is 5.03. The summed E-state index contributed by atoms with van der Waals surface area (Å²) < 4.78 is 29.4. The summed E-state index contributed by atoms with van der Waals surface area (Å²) in [6.45, 7) is 0.263. The van der Waals surface area contributed by atoms with Crippen LogP contribution in [0.25, 0.3) is 0 Å². The molecule has 0 bridgehead atoms. The Morgan fingerprint density at radius 2 is 1.65 bits per heavy atom. The molecule has 0 saturated carbocycles. The second-order valence-corrected chi connectivity index (χ2v) is 3.49. The fourth-order valence-corrected chi connectivity index (χ4v) is 1.63. The zero-order valence-corrected chi connectivity index (χ0v) is 10.3. The van der Waals surface area contributed by atoms with Crippen molar-refractivity contribution in [3.8, 4) is 17.2 Å². The number of methoxy groups -OCH3 is 3. The summed E-state index contributed by atoms with van der Waals surface area (Å²) in [6, 6.07) is 3.25. The number of alkyl halides is 1. The van der Waals surface area contributed by atoms with Crippen LogP contribution < -0.4 is 19.9 Å². The Hall–Kier alpha value is -1.49. The molecule has 0 aliphatic rings. The van der Waals surface area contributed by atoms with Crippen molar-refractivity contribution in [2.24, 2.45) is 5.73 Å². The van der Waals surface area contributed by atoms with Crippen molar-refractivity contribution in [2.75, 3.05) is 27.9 Å². The number of hydrogen-bond acceptors (Lipinski definition) is 4. The molecule has 1 aromatic carbocycles. The number of rotatable bonds is 6. The van der Waals surface area contributed by atoms with Gasteiger partial charge in [-0.3, -0.25) is 0 Å². The van der Waals surface area contributed by atoms with Crippen molar-refractivity contribution in [3.05, 3.63) is 17.7 Å². The monoisotopic (exact) mass is 243 g/mol. The van der Waals surface area contributed by atoms with E-state index in [2.05, 4.69) is 0 Å². The molecule has 1 atom stereocenters. The van der Waals surface area contributed by atoms with E-state index in [-0.39, 0.29) is 13.0 Å². The first-order chi connectivity index (χ1) is 8.17. The Labute approximate surface area is 100 Å². The number of halogens is 1. The smallest absolute Gasteiger partial charge is 0.134 e. The van der Waals surface area contributed by atoms with Crippen LogP contribution in [-0.2, 0) is 0 Å². The minimum atomic E-state index is -1.21. The molecule has 0 aliphatic heterocycles. The van der Waals surface area contributed by atoms with Gasteiger partial charge in [-0.05, 0) is 13.0 Å². The maximum absolute atomic E-state index is 14.0. The largest absolute Gasteiger partial charge is 0.496 e. The molecule has 0 amide bonds. The molecular weight excluding hydrogens is 225 g/mol. The molecule has 0 spiro atoms. The second-order valence-electron chi connectivity index (χ2n) is 3.49. The molecule has 1 aromatic rings. The Bertz CT molecular complexity index is 346. The summed E-state index contributed by atoms with van der Waals surface area (Å²) in [5, 5.41) is 0. The summed E-state index contributed by atoms with van der Waals surface area (Å²) >= 11 is 0. The molecule has 1 unspecified atom stereocenters. The zero-order chi connectivity index (χ0) is 12.8. The van der Waals surface area contributed by atoms with Crippen LogP contribution >= 0.6 is 0 Å². The lowest BCUT2D eigenvalue weighted by molar-refractivity contribution is 0.293. The third kappa shape index (κ3) is 3.00. The van der Waals surface area contributed by atoms with E-state index >= 15 is 0 Å². The van der Waals surface area contributed by atoms with E-state index in [4.69, 9.17) is 19.9 Å². The van der Waals surface area contributed by atoms with E-state index in [1.807, 2.05) is 0 Å². The van der Waals surface area contributed by atoms with Gasteiger partial charge in [0.25, 0.3) is 0 Å². The highest BCUT2D eigenvalue weighted by atomic mass is 19.1. The molecule has 1 rings (SSSR count). The van der Waals surface area contributed by atoms with Crippen molar-refractivity contribution in [3.63, 3.8) is 0 Å². The maximum atomic E-state index is 14.0. The molecule has 4 nitrogen and oxygen atoms in total. The molecule has 0 aliphatic carbocycles. The average Bonchev–Trinajstić information content (AvgIpc) is 2.37. The Balaban J connectivity index is 3.23. The van der Waals surface area contributed by atoms with Crippen molar-refractivity contribution >= 4 is 0 Å². The zero-order valence-electron chi connectivity index (χ0n) is 10.3. The van der Waals surface area contributed by atoms with Gasteiger partial charge < -0.3 is 19.9 Å². The number of benzene rings is 1. The summed E-state index contributed by atoms with van der Waals surface area (Å²) in [7, 11) is 4.49. The molecule has 0 radical (unpaired) electrons. The molecule has 0 saturated heterocycles. The van der Waals surface area contributed by atoms with E-state index in [9.17, 15) is 4.39 Å². The molecule has 0 fully saturated rings. The lowest BCUT2D eigenvalue weighted by atomic mass is 10.0. The first-order valence-electron chi connectivity index (χ1n) is 5.32. The van der Waals surface area contributed by atoms with Crippen molar-refractivity contribution in [1.29, 1.82) is 0 Å². The lowest BCUT2D eigenvalue weighted by Crippen LogP contribution is -2.07. The second kappa shape index (κ2) is 6.30. The first-order valence-corrected chi connectivity index (χ1v) is 5.32. The predicted octanol–water partition coefficient (Wildman–Crippen LogP) is 2.07. The van der Waals surface area contributed by atoms with Crippen molar-refractivity contribution in [2.45, 2.75) is 12.6 Å². The van der Waals surface area contributed by atoms with Gasteiger partial charge in [-0.1, -0.05) is 0 Å². The minimum absolute atomic E-state index is 0.221. The maximum Gasteiger partial charge on any atom is 0.134 e. The van der Waals surface area contributed by atoms with Crippen LogP contribution in [0.5, 0.6) is 17.2 Å². The van der Waals surface area contributed by atoms with E-state index in [1.165, 1.54) is 21.3 Å². The van der Waals surface area contributed by atoms with E-state index in [1.54, 1.807) is 12.1 Å².